The molecule has 1 aliphatic heterocycles. The predicted molar refractivity (Wildman–Crippen MR) is 59.2 cm³/mol. The molecule has 82 valence electrons. The Morgan fingerprint density at radius 3 is 2.79 bits per heavy atom. The van der Waals surface area contributed by atoms with E-state index in [4.69, 9.17) is 0 Å². The third-order valence-corrected chi connectivity index (χ3v) is 3.14. The Bertz CT molecular complexity index is 179. The predicted octanol–water partition coefficient (Wildman–Crippen LogP) is 2.97. The van der Waals surface area contributed by atoms with Crippen LogP contribution in [0.4, 0.5) is 0 Å². The van der Waals surface area contributed by atoms with E-state index in [1.807, 2.05) is 6.92 Å². The summed E-state index contributed by atoms with van der Waals surface area (Å²) in [6.45, 7) is 5.19. The number of amides is 1. The van der Waals surface area contributed by atoms with Crippen molar-refractivity contribution in [1.29, 1.82) is 0 Å². The highest BCUT2D eigenvalue weighted by molar-refractivity contribution is 5.76. The van der Waals surface area contributed by atoms with E-state index < -0.39 is 0 Å². The molecule has 0 aromatic rings. The first-order chi connectivity index (χ1) is 6.79. The molecule has 1 rings (SSSR count). The normalized spacial score (nSPS) is 21.6. The van der Waals surface area contributed by atoms with Crippen molar-refractivity contribution in [2.24, 2.45) is 0 Å². The van der Waals surface area contributed by atoms with Gasteiger partial charge in [-0.15, -0.1) is 0 Å². The molecule has 0 aromatic carbocycles. The zero-order valence-electron chi connectivity index (χ0n) is 9.59. The van der Waals surface area contributed by atoms with Gasteiger partial charge in [0.2, 0.25) is 5.91 Å². The second kappa shape index (κ2) is 6.05. The Morgan fingerprint density at radius 1 is 1.36 bits per heavy atom. The molecular weight excluding hydrogens is 174 g/mol. The lowest BCUT2D eigenvalue weighted by Crippen LogP contribution is -2.34. The highest BCUT2D eigenvalue weighted by Crippen LogP contribution is 2.22. The van der Waals surface area contributed by atoms with E-state index in [-0.39, 0.29) is 0 Å². The minimum Gasteiger partial charge on any atom is -0.340 e. The van der Waals surface area contributed by atoms with Gasteiger partial charge in [0, 0.05) is 19.0 Å². The zero-order chi connectivity index (χ0) is 10.4. The Balaban J connectivity index is 2.31. The molecule has 1 aliphatic rings. The summed E-state index contributed by atoms with van der Waals surface area (Å²) in [5.74, 6) is 0.351. The molecule has 0 bridgehead atoms. The fraction of sp³-hybridized carbons (Fsp3) is 0.917. The summed E-state index contributed by atoms with van der Waals surface area (Å²) in [5.41, 5.74) is 0. The van der Waals surface area contributed by atoms with Crippen LogP contribution in [0.3, 0.4) is 0 Å². The average Bonchev–Trinajstić information content (AvgIpc) is 2.65. The maximum atomic E-state index is 11.6. The maximum absolute atomic E-state index is 11.6. The van der Waals surface area contributed by atoms with Gasteiger partial charge in [0.25, 0.3) is 0 Å². The highest BCUT2D eigenvalue weighted by Gasteiger charge is 2.26. The minimum atomic E-state index is 0.351. The van der Waals surface area contributed by atoms with Crippen LogP contribution in [-0.2, 0) is 4.79 Å². The first kappa shape index (κ1) is 11.5. The monoisotopic (exact) mass is 197 g/mol. The van der Waals surface area contributed by atoms with Gasteiger partial charge < -0.3 is 4.90 Å². The number of rotatable bonds is 5. The van der Waals surface area contributed by atoms with Gasteiger partial charge in [-0.05, 0) is 19.3 Å². The molecule has 1 unspecified atom stereocenters. The Morgan fingerprint density at radius 2 is 2.14 bits per heavy atom. The lowest BCUT2D eigenvalue weighted by Gasteiger charge is -2.24. The molecular formula is C12H23NO. The Labute approximate surface area is 87.7 Å². The van der Waals surface area contributed by atoms with E-state index in [1.54, 1.807) is 0 Å². The number of carbonyl (C=O) groups excluding carboxylic acids is 1. The molecule has 14 heavy (non-hydrogen) atoms. The van der Waals surface area contributed by atoms with Crippen molar-refractivity contribution in [1.82, 2.24) is 4.90 Å². The van der Waals surface area contributed by atoms with Gasteiger partial charge in [0.1, 0.15) is 0 Å². The molecule has 0 aliphatic carbocycles. The molecule has 0 saturated carbocycles. The van der Waals surface area contributed by atoms with Gasteiger partial charge >= 0.3 is 0 Å². The summed E-state index contributed by atoms with van der Waals surface area (Å²) >= 11 is 0. The number of nitrogens with zero attached hydrogens (tertiary/aromatic N) is 1. The van der Waals surface area contributed by atoms with Crippen LogP contribution in [-0.4, -0.2) is 23.4 Å². The van der Waals surface area contributed by atoms with Gasteiger partial charge in [-0.1, -0.05) is 33.1 Å². The number of hydrogen-bond acceptors (Lipinski definition) is 1. The van der Waals surface area contributed by atoms with Crippen LogP contribution in [0.2, 0.25) is 0 Å². The molecule has 0 spiro atoms. The number of likely N-dealkylation sites (tertiary alicyclic amines) is 1. The molecule has 1 saturated heterocycles. The molecule has 1 heterocycles. The molecule has 0 radical (unpaired) electrons. The Hall–Kier alpha value is -0.530. The quantitative estimate of drug-likeness (QED) is 0.620. The van der Waals surface area contributed by atoms with E-state index >= 15 is 0 Å². The van der Waals surface area contributed by atoms with Crippen molar-refractivity contribution in [3.8, 4) is 0 Å². The van der Waals surface area contributed by atoms with Crippen molar-refractivity contribution in [2.45, 2.75) is 64.8 Å². The SMILES string of the molecule is CCCCCC1CCCN1C(=O)CC. The Kier molecular flexibility index (Phi) is 4.99. The molecule has 1 amide bonds. The minimum absolute atomic E-state index is 0.351. The van der Waals surface area contributed by atoms with Gasteiger partial charge in [-0.25, -0.2) is 0 Å². The third kappa shape index (κ3) is 3.00. The van der Waals surface area contributed by atoms with E-state index in [0.29, 0.717) is 18.4 Å². The summed E-state index contributed by atoms with van der Waals surface area (Å²) < 4.78 is 0. The van der Waals surface area contributed by atoms with Gasteiger partial charge in [-0.3, -0.25) is 4.79 Å². The van der Waals surface area contributed by atoms with Crippen LogP contribution in [0, 0.1) is 0 Å². The van der Waals surface area contributed by atoms with Crippen LogP contribution in [0.25, 0.3) is 0 Å². The number of carbonyl (C=O) groups is 1. The first-order valence-corrected chi connectivity index (χ1v) is 6.09. The third-order valence-electron chi connectivity index (χ3n) is 3.14. The topological polar surface area (TPSA) is 20.3 Å². The van der Waals surface area contributed by atoms with Gasteiger partial charge in [0.15, 0.2) is 0 Å². The van der Waals surface area contributed by atoms with Crippen molar-refractivity contribution < 1.29 is 4.79 Å². The highest BCUT2D eigenvalue weighted by atomic mass is 16.2. The van der Waals surface area contributed by atoms with Crippen molar-refractivity contribution in [3.63, 3.8) is 0 Å². The fourth-order valence-corrected chi connectivity index (χ4v) is 2.30. The molecule has 0 aromatic heterocycles. The molecule has 1 atom stereocenters. The second-order valence-electron chi connectivity index (χ2n) is 4.23. The largest absolute Gasteiger partial charge is 0.340 e. The van der Waals surface area contributed by atoms with E-state index in [9.17, 15) is 4.79 Å². The second-order valence-corrected chi connectivity index (χ2v) is 4.23. The lowest BCUT2D eigenvalue weighted by molar-refractivity contribution is -0.131. The van der Waals surface area contributed by atoms with Crippen molar-refractivity contribution >= 4 is 5.91 Å². The average molecular weight is 197 g/mol. The summed E-state index contributed by atoms with van der Waals surface area (Å²) in [6, 6.07) is 0.564. The molecule has 2 heteroatoms. The van der Waals surface area contributed by atoms with E-state index in [2.05, 4.69) is 11.8 Å². The van der Waals surface area contributed by atoms with Gasteiger partial charge in [0.05, 0.1) is 0 Å². The van der Waals surface area contributed by atoms with Crippen molar-refractivity contribution in [3.05, 3.63) is 0 Å². The zero-order valence-corrected chi connectivity index (χ0v) is 9.59. The maximum Gasteiger partial charge on any atom is 0.222 e. The van der Waals surface area contributed by atoms with Crippen LogP contribution < -0.4 is 0 Å². The van der Waals surface area contributed by atoms with Crippen LogP contribution in [0.15, 0.2) is 0 Å². The van der Waals surface area contributed by atoms with E-state index in [0.717, 1.165) is 6.54 Å². The summed E-state index contributed by atoms with van der Waals surface area (Å²) in [4.78, 5) is 13.7. The smallest absolute Gasteiger partial charge is 0.222 e. The molecule has 1 fully saturated rings. The molecule has 2 nitrogen and oxygen atoms in total. The van der Waals surface area contributed by atoms with Crippen molar-refractivity contribution in [2.75, 3.05) is 6.54 Å². The number of hydrogen-bond donors (Lipinski definition) is 0. The number of unbranched alkanes of at least 4 members (excludes halogenated alkanes) is 2. The van der Waals surface area contributed by atoms with Crippen LogP contribution >= 0.6 is 0 Å². The van der Waals surface area contributed by atoms with Crippen LogP contribution in [0.5, 0.6) is 0 Å². The first-order valence-electron chi connectivity index (χ1n) is 6.09. The summed E-state index contributed by atoms with van der Waals surface area (Å²) in [7, 11) is 0. The summed E-state index contributed by atoms with van der Waals surface area (Å²) in [6.07, 6.45) is 8.20. The molecule has 0 N–H and O–H groups in total. The summed E-state index contributed by atoms with van der Waals surface area (Å²) in [5, 5.41) is 0. The standard InChI is InChI=1S/C12H23NO/c1-3-5-6-8-11-9-7-10-13(11)12(14)4-2/h11H,3-10H2,1-2H3. The van der Waals surface area contributed by atoms with E-state index in [1.165, 1.54) is 38.5 Å². The van der Waals surface area contributed by atoms with Crippen LogP contribution in [0.1, 0.15) is 58.8 Å². The lowest BCUT2D eigenvalue weighted by atomic mass is 10.1. The van der Waals surface area contributed by atoms with Gasteiger partial charge in [-0.2, -0.15) is 0 Å². The fourth-order valence-electron chi connectivity index (χ4n) is 2.30.